The number of hydrogen-bond donors (Lipinski definition) is 3. The number of carbonyl (C=O) groups is 3. The summed E-state index contributed by atoms with van der Waals surface area (Å²) in [5.41, 5.74) is 4.33. The summed E-state index contributed by atoms with van der Waals surface area (Å²) in [4.78, 5) is 42.0. The SMILES string of the molecule is CCCCc1ncc(CNc2ccccc2C(=O)NC(C(=O)O)C(C)C)n1Cc1ccc(C(=O)OCc2ccccc2)cc1. The molecule has 0 aliphatic rings. The van der Waals surface area contributed by atoms with Crippen molar-refractivity contribution < 1.29 is 24.2 Å². The van der Waals surface area contributed by atoms with E-state index < -0.39 is 17.9 Å². The third kappa shape index (κ3) is 8.56. The number of carboxylic acids is 1. The van der Waals surface area contributed by atoms with Crippen molar-refractivity contribution in [3.63, 3.8) is 0 Å². The van der Waals surface area contributed by atoms with E-state index in [4.69, 9.17) is 9.72 Å². The van der Waals surface area contributed by atoms with Gasteiger partial charge in [-0.2, -0.15) is 0 Å². The number of amides is 1. The molecule has 1 heterocycles. The first-order valence-electron chi connectivity index (χ1n) is 15.0. The molecular weight excluding hydrogens is 556 g/mol. The molecule has 9 heteroatoms. The number of aliphatic carboxylic acids is 1. The first-order chi connectivity index (χ1) is 21.3. The maximum Gasteiger partial charge on any atom is 0.338 e. The average molecular weight is 597 g/mol. The van der Waals surface area contributed by atoms with E-state index in [2.05, 4.69) is 22.1 Å². The molecule has 0 aliphatic heterocycles. The predicted molar refractivity (Wildman–Crippen MR) is 169 cm³/mol. The number of nitrogens with one attached hydrogen (secondary N) is 2. The van der Waals surface area contributed by atoms with Gasteiger partial charge in [-0.25, -0.2) is 14.6 Å². The molecule has 4 rings (SSSR count). The van der Waals surface area contributed by atoms with Crippen molar-refractivity contribution in [1.29, 1.82) is 0 Å². The van der Waals surface area contributed by atoms with E-state index >= 15 is 0 Å². The first-order valence-corrected chi connectivity index (χ1v) is 15.0. The van der Waals surface area contributed by atoms with Crippen molar-refractivity contribution in [3.8, 4) is 0 Å². The van der Waals surface area contributed by atoms with E-state index in [9.17, 15) is 19.5 Å². The lowest BCUT2D eigenvalue weighted by Gasteiger charge is -2.19. The second-order valence-electron chi connectivity index (χ2n) is 11.0. The fraction of sp³-hybridized carbons (Fsp3) is 0.314. The molecular formula is C35H40N4O5. The summed E-state index contributed by atoms with van der Waals surface area (Å²) in [5.74, 6) is -1.20. The zero-order valence-corrected chi connectivity index (χ0v) is 25.5. The van der Waals surface area contributed by atoms with Crippen LogP contribution in [0.5, 0.6) is 0 Å². The van der Waals surface area contributed by atoms with Crippen molar-refractivity contribution >= 4 is 23.5 Å². The summed E-state index contributed by atoms with van der Waals surface area (Å²) in [6.45, 7) is 6.83. The number of para-hydroxylation sites is 1. The van der Waals surface area contributed by atoms with Crippen LogP contribution < -0.4 is 10.6 Å². The minimum Gasteiger partial charge on any atom is -0.480 e. The molecule has 1 unspecified atom stereocenters. The number of nitrogens with zero attached hydrogens (tertiary/aromatic N) is 2. The summed E-state index contributed by atoms with van der Waals surface area (Å²) < 4.78 is 7.63. The number of carboxylic acid groups (broad SMARTS) is 1. The largest absolute Gasteiger partial charge is 0.480 e. The Morgan fingerprint density at radius 1 is 0.932 bits per heavy atom. The zero-order chi connectivity index (χ0) is 31.5. The summed E-state index contributed by atoms with van der Waals surface area (Å²) >= 11 is 0. The molecule has 0 saturated heterocycles. The van der Waals surface area contributed by atoms with Gasteiger partial charge < -0.3 is 25.0 Å². The minimum absolute atomic E-state index is 0.219. The van der Waals surface area contributed by atoms with Gasteiger partial charge in [0.25, 0.3) is 5.91 Å². The van der Waals surface area contributed by atoms with E-state index in [1.807, 2.05) is 54.7 Å². The Morgan fingerprint density at radius 3 is 2.32 bits per heavy atom. The molecule has 0 aliphatic carbocycles. The normalized spacial score (nSPS) is 11.6. The molecule has 230 valence electrons. The Hall–Kier alpha value is -4.92. The highest BCUT2D eigenvalue weighted by atomic mass is 16.5. The van der Waals surface area contributed by atoms with E-state index in [0.29, 0.717) is 29.9 Å². The van der Waals surface area contributed by atoms with Crippen molar-refractivity contribution in [2.45, 2.75) is 65.8 Å². The fourth-order valence-electron chi connectivity index (χ4n) is 4.81. The van der Waals surface area contributed by atoms with Crippen LogP contribution >= 0.6 is 0 Å². The number of carbonyl (C=O) groups excluding carboxylic acids is 2. The monoisotopic (exact) mass is 596 g/mol. The molecule has 1 atom stereocenters. The number of anilines is 1. The third-order valence-corrected chi connectivity index (χ3v) is 7.37. The van der Waals surface area contributed by atoms with Gasteiger partial charge in [0.2, 0.25) is 0 Å². The number of rotatable bonds is 15. The molecule has 0 spiro atoms. The van der Waals surface area contributed by atoms with Gasteiger partial charge in [-0.15, -0.1) is 0 Å². The zero-order valence-electron chi connectivity index (χ0n) is 25.5. The number of aryl methyl sites for hydroxylation is 1. The average Bonchev–Trinajstić information content (AvgIpc) is 3.41. The van der Waals surface area contributed by atoms with Crippen LogP contribution in [-0.2, 0) is 35.6 Å². The third-order valence-electron chi connectivity index (χ3n) is 7.37. The number of ether oxygens (including phenoxy) is 1. The smallest absolute Gasteiger partial charge is 0.338 e. The number of esters is 1. The van der Waals surface area contributed by atoms with Crippen LogP contribution in [0.25, 0.3) is 0 Å². The Morgan fingerprint density at radius 2 is 1.64 bits per heavy atom. The second kappa shape index (κ2) is 15.5. The molecule has 0 bridgehead atoms. The minimum atomic E-state index is -1.07. The second-order valence-corrected chi connectivity index (χ2v) is 11.0. The van der Waals surface area contributed by atoms with Crippen molar-refractivity contribution in [2.75, 3.05) is 5.32 Å². The molecule has 4 aromatic rings. The maximum absolute atomic E-state index is 13.1. The maximum atomic E-state index is 13.1. The molecule has 9 nitrogen and oxygen atoms in total. The van der Waals surface area contributed by atoms with E-state index in [-0.39, 0.29) is 18.5 Å². The quantitative estimate of drug-likeness (QED) is 0.142. The molecule has 0 fully saturated rings. The van der Waals surface area contributed by atoms with Gasteiger partial charge in [0, 0.05) is 18.7 Å². The molecule has 0 saturated carbocycles. The number of aromatic nitrogens is 2. The molecule has 3 aromatic carbocycles. The van der Waals surface area contributed by atoms with Gasteiger partial charge in [-0.1, -0.05) is 81.8 Å². The van der Waals surface area contributed by atoms with E-state index in [1.54, 1.807) is 44.2 Å². The molecule has 1 amide bonds. The lowest BCUT2D eigenvalue weighted by Crippen LogP contribution is -2.44. The Kier molecular flexibility index (Phi) is 11.3. The standard InChI is InChI=1S/C35H40N4O5/c1-4-5-15-31-37-21-28(20-36-30-14-10-9-13-29(30)33(40)38-32(24(2)3)34(41)42)39(31)22-25-16-18-27(19-17-25)35(43)44-23-26-11-7-6-8-12-26/h6-14,16-19,21,24,32,36H,4-5,15,20,22-23H2,1-3H3,(H,38,40)(H,41,42). The van der Waals surface area contributed by atoms with Crippen molar-refractivity contribution in [2.24, 2.45) is 5.92 Å². The summed E-state index contributed by atoms with van der Waals surface area (Å²) in [6.07, 6.45) is 4.70. The lowest BCUT2D eigenvalue weighted by molar-refractivity contribution is -0.140. The van der Waals surface area contributed by atoms with Crippen LogP contribution in [0, 0.1) is 5.92 Å². The van der Waals surface area contributed by atoms with Crippen LogP contribution in [0.15, 0.2) is 85.1 Å². The van der Waals surface area contributed by atoms with Gasteiger partial charge in [0.05, 0.1) is 29.6 Å². The van der Waals surface area contributed by atoms with E-state index in [1.165, 1.54) is 0 Å². The highest BCUT2D eigenvalue weighted by Gasteiger charge is 2.25. The van der Waals surface area contributed by atoms with Gasteiger partial charge in [0.15, 0.2) is 0 Å². The Bertz CT molecular complexity index is 1550. The van der Waals surface area contributed by atoms with Crippen LogP contribution in [0.2, 0.25) is 0 Å². The predicted octanol–water partition coefficient (Wildman–Crippen LogP) is 6.08. The van der Waals surface area contributed by atoms with Crippen LogP contribution in [0.1, 0.15) is 77.0 Å². The number of unbranched alkanes of at least 4 members (excludes halogenated alkanes) is 1. The topological polar surface area (TPSA) is 123 Å². The first kappa shape index (κ1) is 32.0. The van der Waals surface area contributed by atoms with Gasteiger partial charge in [-0.3, -0.25) is 4.79 Å². The van der Waals surface area contributed by atoms with Crippen molar-refractivity contribution in [1.82, 2.24) is 14.9 Å². The molecule has 3 N–H and O–H groups in total. The lowest BCUT2D eigenvalue weighted by atomic mass is 10.0. The highest BCUT2D eigenvalue weighted by Crippen LogP contribution is 2.20. The van der Waals surface area contributed by atoms with E-state index in [0.717, 1.165) is 41.9 Å². The fourth-order valence-corrected chi connectivity index (χ4v) is 4.81. The summed E-state index contributed by atoms with van der Waals surface area (Å²) in [5, 5.41) is 15.5. The van der Waals surface area contributed by atoms with Crippen LogP contribution in [0.4, 0.5) is 5.69 Å². The number of hydrogen-bond acceptors (Lipinski definition) is 6. The summed E-state index contributed by atoms with van der Waals surface area (Å²) in [6, 6.07) is 23.0. The highest BCUT2D eigenvalue weighted by molar-refractivity contribution is 6.01. The van der Waals surface area contributed by atoms with Gasteiger partial charge >= 0.3 is 11.9 Å². The Balaban J connectivity index is 1.47. The van der Waals surface area contributed by atoms with Crippen molar-refractivity contribution in [3.05, 3.63) is 119 Å². The number of benzene rings is 3. The van der Waals surface area contributed by atoms with Crippen LogP contribution in [0.3, 0.4) is 0 Å². The summed E-state index contributed by atoms with van der Waals surface area (Å²) in [7, 11) is 0. The Labute approximate surface area is 258 Å². The van der Waals surface area contributed by atoms with Crippen LogP contribution in [-0.4, -0.2) is 38.5 Å². The van der Waals surface area contributed by atoms with Gasteiger partial charge in [0.1, 0.15) is 18.5 Å². The molecule has 1 aromatic heterocycles. The molecule has 0 radical (unpaired) electrons. The number of imidazole rings is 1. The van der Waals surface area contributed by atoms with Gasteiger partial charge in [-0.05, 0) is 47.7 Å². The molecule has 44 heavy (non-hydrogen) atoms.